The van der Waals surface area contributed by atoms with E-state index < -0.39 is 22.0 Å². The molecule has 1 aliphatic heterocycles. The number of rotatable bonds is 4. The molecule has 1 aromatic carbocycles. The second kappa shape index (κ2) is 5.65. The van der Waals surface area contributed by atoms with E-state index in [-0.39, 0.29) is 4.90 Å². The number of sulfonamides is 1. The summed E-state index contributed by atoms with van der Waals surface area (Å²) in [6.07, 6.45) is 1.11. The molecule has 0 radical (unpaired) electrons. The van der Waals surface area contributed by atoms with Gasteiger partial charge in [0.05, 0.1) is 12.0 Å². The monoisotopic (exact) mass is 312 g/mol. The van der Waals surface area contributed by atoms with Gasteiger partial charge in [-0.25, -0.2) is 8.42 Å². The van der Waals surface area contributed by atoms with Crippen molar-refractivity contribution >= 4 is 15.9 Å². The molecule has 0 bridgehead atoms. The summed E-state index contributed by atoms with van der Waals surface area (Å²) in [5.74, 6) is 0.0108. The van der Waals surface area contributed by atoms with Gasteiger partial charge in [-0.05, 0) is 49.9 Å². The third-order valence-electron chi connectivity index (χ3n) is 3.77. The lowest BCUT2D eigenvalue weighted by atomic mass is 10.1. The van der Waals surface area contributed by atoms with Gasteiger partial charge in [-0.15, -0.1) is 0 Å². The van der Waals surface area contributed by atoms with Crippen molar-refractivity contribution in [2.45, 2.75) is 37.6 Å². The second-order valence-corrected chi connectivity index (χ2v) is 7.09. The van der Waals surface area contributed by atoms with Crippen molar-refractivity contribution in [3.05, 3.63) is 23.3 Å². The fourth-order valence-electron chi connectivity index (χ4n) is 2.86. The van der Waals surface area contributed by atoms with Gasteiger partial charge in [0.1, 0.15) is 11.8 Å². The van der Waals surface area contributed by atoms with Crippen molar-refractivity contribution in [2.75, 3.05) is 13.7 Å². The zero-order chi connectivity index (χ0) is 15.8. The lowest BCUT2D eigenvalue weighted by Gasteiger charge is -2.24. The first-order chi connectivity index (χ1) is 9.78. The second-order valence-electron chi connectivity index (χ2n) is 5.27. The molecular weight excluding hydrogens is 292 g/mol. The number of ether oxygens (including phenoxy) is 1. The molecule has 7 heteroatoms. The number of hydrogen-bond donors (Lipinski definition) is 1. The molecule has 0 aliphatic carbocycles. The van der Waals surface area contributed by atoms with Gasteiger partial charge in [0, 0.05) is 6.54 Å². The Morgan fingerprint density at radius 1 is 1.33 bits per heavy atom. The van der Waals surface area contributed by atoms with E-state index in [1.165, 1.54) is 11.4 Å². The van der Waals surface area contributed by atoms with Crippen LogP contribution in [0.25, 0.3) is 0 Å². The molecule has 1 heterocycles. The van der Waals surface area contributed by atoms with Crippen molar-refractivity contribution in [3.63, 3.8) is 0 Å². The topological polar surface area (TPSA) is 89.7 Å². The molecule has 0 aromatic heterocycles. The Morgan fingerprint density at radius 2 is 1.90 bits per heavy atom. The normalized spacial score (nSPS) is 19.7. The summed E-state index contributed by atoms with van der Waals surface area (Å²) >= 11 is 0. The van der Waals surface area contributed by atoms with Gasteiger partial charge in [-0.3, -0.25) is 4.79 Å². The van der Waals surface area contributed by atoms with E-state index in [0.29, 0.717) is 36.3 Å². The maximum Gasteiger partial charge on any atom is 0.244 e. The van der Waals surface area contributed by atoms with Crippen LogP contribution in [0.2, 0.25) is 0 Å². The number of amides is 1. The summed E-state index contributed by atoms with van der Waals surface area (Å²) < 4.78 is 32.1. The number of methoxy groups -OCH3 is 1. The van der Waals surface area contributed by atoms with Crippen molar-refractivity contribution in [1.29, 1.82) is 0 Å². The molecule has 116 valence electrons. The highest BCUT2D eigenvalue weighted by atomic mass is 32.2. The first-order valence-electron chi connectivity index (χ1n) is 6.75. The number of nitrogens with zero attached hydrogens (tertiary/aromatic N) is 1. The zero-order valence-corrected chi connectivity index (χ0v) is 13.2. The molecule has 2 rings (SSSR count). The fourth-order valence-corrected chi connectivity index (χ4v) is 4.94. The van der Waals surface area contributed by atoms with Gasteiger partial charge >= 0.3 is 0 Å². The third kappa shape index (κ3) is 2.75. The Balaban J connectivity index is 2.52. The summed E-state index contributed by atoms with van der Waals surface area (Å²) in [4.78, 5) is 11.7. The van der Waals surface area contributed by atoms with E-state index >= 15 is 0 Å². The fraction of sp³-hybridized carbons (Fsp3) is 0.500. The maximum atomic E-state index is 12.9. The van der Waals surface area contributed by atoms with Gasteiger partial charge in [0.2, 0.25) is 15.9 Å². The smallest absolute Gasteiger partial charge is 0.244 e. The van der Waals surface area contributed by atoms with Crippen LogP contribution in [0.3, 0.4) is 0 Å². The minimum Gasteiger partial charge on any atom is -0.497 e. The highest BCUT2D eigenvalue weighted by molar-refractivity contribution is 7.89. The van der Waals surface area contributed by atoms with Crippen LogP contribution in [0.5, 0.6) is 5.75 Å². The van der Waals surface area contributed by atoms with E-state index in [2.05, 4.69) is 0 Å². The Hall–Kier alpha value is -1.60. The van der Waals surface area contributed by atoms with Crippen LogP contribution in [-0.4, -0.2) is 38.3 Å². The molecule has 2 N–H and O–H groups in total. The highest BCUT2D eigenvalue weighted by Gasteiger charge is 2.39. The minimum atomic E-state index is -3.74. The quantitative estimate of drug-likeness (QED) is 0.896. The molecule has 1 amide bonds. The minimum absolute atomic E-state index is 0.233. The first-order valence-corrected chi connectivity index (χ1v) is 8.19. The molecule has 21 heavy (non-hydrogen) atoms. The van der Waals surface area contributed by atoms with E-state index in [9.17, 15) is 13.2 Å². The standard InChI is InChI=1S/C14H20N2O4S/c1-9-7-11(20-3)8-10(2)13(9)21(18,19)16-6-4-5-12(16)14(15)17/h7-8,12H,4-6H2,1-3H3,(H2,15,17)/t12-/m0/s1. The van der Waals surface area contributed by atoms with Crippen molar-refractivity contribution in [2.24, 2.45) is 5.73 Å². The van der Waals surface area contributed by atoms with E-state index in [1.807, 2.05) is 0 Å². The first kappa shape index (κ1) is 15.8. The molecular formula is C14H20N2O4S. The number of benzene rings is 1. The average Bonchev–Trinajstić information content (AvgIpc) is 2.87. The van der Waals surface area contributed by atoms with Gasteiger partial charge in [0.15, 0.2) is 0 Å². The van der Waals surface area contributed by atoms with Crippen LogP contribution >= 0.6 is 0 Å². The maximum absolute atomic E-state index is 12.9. The third-order valence-corrected chi connectivity index (χ3v) is 5.98. The predicted molar refractivity (Wildman–Crippen MR) is 78.6 cm³/mol. The highest BCUT2D eigenvalue weighted by Crippen LogP contribution is 2.32. The number of hydrogen-bond acceptors (Lipinski definition) is 4. The van der Waals surface area contributed by atoms with Gasteiger partial charge < -0.3 is 10.5 Å². The zero-order valence-electron chi connectivity index (χ0n) is 12.4. The van der Waals surface area contributed by atoms with Crippen molar-refractivity contribution in [1.82, 2.24) is 4.31 Å². The molecule has 1 saturated heterocycles. The molecule has 0 spiro atoms. The number of nitrogens with two attached hydrogens (primary N) is 1. The Labute approximate surface area is 124 Å². The summed E-state index contributed by atoms with van der Waals surface area (Å²) in [5, 5.41) is 0. The van der Waals surface area contributed by atoms with Crippen LogP contribution in [0.4, 0.5) is 0 Å². The summed E-state index contributed by atoms with van der Waals surface area (Å²) in [7, 11) is -2.21. The average molecular weight is 312 g/mol. The molecule has 1 atom stereocenters. The van der Waals surface area contributed by atoms with E-state index in [4.69, 9.17) is 10.5 Å². The molecule has 0 unspecified atom stereocenters. The predicted octanol–water partition coefficient (Wildman–Crippen LogP) is 0.950. The lowest BCUT2D eigenvalue weighted by Crippen LogP contribution is -2.43. The number of carbonyl (C=O) groups is 1. The van der Waals surface area contributed by atoms with Gasteiger partial charge in [-0.2, -0.15) is 4.31 Å². The molecule has 1 aromatic rings. The van der Waals surface area contributed by atoms with Crippen LogP contribution in [-0.2, 0) is 14.8 Å². The molecule has 1 fully saturated rings. The number of primary amides is 1. The van der Waals surface area contributed by atoms with Crippen LogP contribution < -0.4 is 10.5 Å². The van der Waals surface area contributed by atoms with Crippen LogP contribution in [0, 0.1) is 13.8 Å². The van der Waals surface area contributed by atoms with Crippen molar-refractivity contribution in [3.8, 4) is 5.75 Å². The summed E-state index contributed by atoms with van der Waals surface area (Å²) in [6.45, 7) is 3.76. The largest absolute Gasteiger partial charge is 0.497 e. The van der Waals surface area contributed by atoms with Crippen LogP contribution in [0.15, 0.2) is 17.0 Å². The molecule has 6 nitrogen and oxygen atoms in total. The SMILES string of the molecule is COc1cc(C)c(S(=O)(=O)N2CCC[C@H]2C(N)=O)c(C)c1. The van der Waals surface area contributed by atoms with Crippen LogP contribution in [0.1, 0.15) is 24.0 Å². The lowest BCUT2D eigenvalue weighted by molar-refractivity contribution is -0.121. The summed E-state index contributed by atoms with van der Waals surface area (Å²) in [6, 6.07) is 2.60. The number of carbonyl (C=O) groups excluding carboxylic acids is 1. The number of aryl methyl sites for hydroxylation is 2. The Morgan fingerprint density at radius 3 is 2.38 bits per heavy atom. The molecule has 1 aliphatic rings. The summed E-state index contributed by atoms with van der Waals surface area (Å²) in [5.41, 5.74) is 6.52. The molecule has 0 saturated carbocycles. The van der Waals surface area contributed by atoms with E-state index in [1.54, 1.807) is 26.0 Å². The van der Waals surface area contributed by atoms with Gasteiger partial charge in [-0.1, -0.05) is 0 Å². The van der Waals surface area contributed by atoms with Crippen molar-refractivity contribution < 1.29 is 17.9 Å². The Kier molecular flexibility index (Phi) is 4.25. The Bertz CT molecular complexity index is 647. The van der Waals surface area contributed by atoms with E-state index in [0.717, 1.165) is 0 Å². The van der Waals surface area contributed by atoms with Gasteiger partial charge in [0.25, 0.3) is 0 Å².